The molecule has 0 aliphatic heterocycles. The van der Waals surface area contributed by atoms with Gasteiger partial charge in [-0.25, -0.2) is 8.42 Å². The molecule has 0 aromatic heterocycles. The minimum Gasteiger partial charge on any atom is -0.497 e. The van der Waals surface area contributed by atoms with E-state index in [-0.39, 0.29) is 35.5 Å². The molecular weight excluding hydrogens is 513 g/mol. The van der Waals surface area contributed by atoms with Gasteiger partial charge in [-0.3, -0.25) is 4.99 Å². The molecule has 6 nitrogen and oxygen atoms in total. The van der Waals surface area contributed by atoms with Crippen LogP contribution in [0.15, 0.2) is 59.6 Å². The number of guanidine groups is 1. The summed E-state index contributed by atoms with van der Waals surface area (Å²) in [5.41, 5.74) is 1.97. The van der Waals surface area contributed by atoms with E-state index < -0.39 is 9.84 Å². The van der Waals surface area contributed by atoms with E-state index in [1.54, 1.807) is 7.11 Å². The maximum absolute atomic E-state index is 12.3. The zero-order valence-electron chi connectivity index (χ0n) is 17.9. The van der Waals surface area contributed by atoms with Crippen molar-refractivity contribution in [3.63, 3.8) is 0 Å². The van der Waals surface area contributed by atoms with Gasteiger partial charge in [-0.2, -0.15) is 0 Å². The molecule has 2 rings (SSSR count). The van der Waals surface area contributed by atoms with Crippen molar-refractivity contribution in [3.05, 3.63) is 65.7 Å². The number of aliphatic imine (C=N–C) groups is 1. The molecule has 0 unspecified atom stereocenters. The second-order valence-electron chi connectivity index (χ2n) is 6.87. The van der Waals surface area contributed by atoms with Gasteiger partial charge in [0.2, 0.25) is 0 Å². The third-order valence-corrected chi connectivity index (χ3v) is 6.06. The Bertz CT molecular complexity index is 872. The maximum atomic E-state index is 12.3. The molecule has 0 atom stereocenters. The number of hydrogen-bond donors (Lipinski definition) is 1. The molecule has 0 bridgehead atoms. The van der Waals surface area contributed by atoms with Crippen LogP contribution in [0.2, 0.25) is 0 Å². The number of nitrogens with zero attached hydrogens (tertiary/aromatic N) is 2. The summed E-state index contributed by atoms with van der Waals surface area (Å²) in [6, 6.07) is 17.2. The van der Waals surface area contributed by atoms with Crippen LogP contribution >= 0.6 is 24.0 Å². The van der Waals surface area contributed by atoms with Gasteiger partial charge in [0, 0.05) is 26.7 Å². The lowest BCUT2D eigenvalue weighted by molar-refractivity contribution is 0.414. The van der Waals surface area contributed by atoms with Gasteiger partial charge < -0.3 is 15.0 Å². The molecule has 0 radical (unpaired) electrons. The first-order chi connectivity index (χ1) is 13.9. The average molecular weight is 545 g/mol. The van der Waals surface area contributed by atoms with Crippen LogP contribution in [0.4, 0.5) is 0 Å². The summed E-state index contributed by atoms with van der Waals surface area (Å²) < 4.78 is 29.8. The van der Waals surface area contributed by atoms with Gasteiger partial charge in [-0.1, -0.05) is 42.5 Å². The fraction of sp³-hybridized carbons (Fsp3) is 0.409. The SMILES string of the molecule is CCNC(=NCCCS(=O)(=O)Cc1ccccc1)N(C)Cc1ccc(OC)cc1.I. The standard InChI is InChI=1S/C22H31N3O3S.HI/c1-4-23-22(25(2)17-19-11-13-21(28-3)14-12-19)24-15-8-16-29(26,27)18-20-9-6-5-7-10-20;/h5-7,9-14H,4,8,15-18H2,1-3H3,(H,23,24);1H. The van der Waals surface area contributed by atoms with E-state index in [9.17, 15) is 8.42 Å². The van der Waals surface area contributed by atoms with Crippen molar-refractivity contribution in [1.29, 1.82) is 0 Å². The molecule has 0 amide bonds. The monoisotopic (exact) mass is 545 g/mol. The Morgan fingerprint density at radius 2 is 1.73 bits per heavy atom. The minimum atomic E-state index is -3.14. The van der Waals surface area contributed by atoms with Crippen molar-refractivity contribution in [1.82, 2.24) is 10.2 Å². The lowest BCUT2D eigenvalue weighted by Gasteiger charge is -2.22. The van der Waals surface area contributed by atoms with Crippen molar-refractivity contribution in [2.24, 2.45) is 4.99 Å². The van der Waals surface area contributed by atoms with Crippen LogP contribution in [0.25, 0.3) is 0 Å². The van der Waals surface area contributed by atoms with Crippen molar-refractivity contribution in [3.8, 4) is 5.75 Å². The Kier molecular flexibility index (Phi) is 11.8. The fourth-order valence-electron chi connectivity index (χ4n) is 2.92. The maximum Gasteiger partial charge on any atom is 0.193 e. The summed E-state index contributed by atoms with van der Waals surface area (Å²) in [6.45, 7) is 3.92. The van der Waals surface area contributed by atoms with Gasteiger partial charge >= 0.3 is 0 Å². The van der Waals surface area contributed by atoms with E-state index in [1.165, 1.54) is 0 Å². The van der Waals surface area contributed by atoms with Crippen molar-refractivity contribution in [2.75, 3.05) is 33.0 Å². The van der Waals surface area contributed by atoms with Crippen LogP contribution in [0.5, 0.6) is 5.75 Å². The zero-order valence-corrected chi connectivity index (χ0v) is 21.0. The molecule has 0 fully saturated rings. The Labute approximate surface area is 197 Å². The second-order valence-corrected chi connectivity index (χ2v) is 9.06. The first-order valence-electron chi connectivity index (χ1n) is 9.80. The van der Waals surface area contributed by atoms with Crippen LogP contribution in [0, 0.1) is 0 Å². The van der Waals surface area contributed by atoms with E-state index >= 15 is 0 Å². The number of nitrogens with one attached hydrogen (secondary N) is 1. The molecule has 0 aliphatic rings. The predicted molar refractivity (Wildman–Crippen MR) is 134 cm³/mol. The molecule has 2 aromatic rings. The average Bonchev–Trinajstić information content (AvgIpc) is 2.71. The number of benzene rings is 2. The zero-order chi connectivity index (χ0) is 21.1. The summed E-state index contributed by atoms with van der Waals surface area (Å²) in [4.78, 5) is 6.63. The Morgan fingerprint density at radius 1 is 1.07 bits per heavy atom. The molecule has 0 heterocycles. The smallest absolute Gasteiger partial charge is 0.193 e. The fourth-order valence-corrected chi connectivity index (χ4v) is 4.33. The highest BCUT2D eigenvalue weighted by atomic mass is 127. The first kappa shape index (κ1) is 26.2. The van der Waals surface area contributed by atoms with Crippen LogP contribution in [-0.4, -0.2) is 52.3 Å². The molecule has 30 heavy (non-hydrogen) atoms. The predicted octanol–water partition coefficient (Wildman–Crippen LogP) is 3.72. The quantitative estimate of drug-likeness (QED) is 0.213. The van der Waals surface area contributed by atoms with Gasteiger partial charge in [0.1, 0.15) is 5.75 Å². The topological polar surface area (TPSA) is 71.0 Å². The summed E-state index contributed by atoms with van der Waals surface area (Å²) >= 11 is 0. The second kappa shape index (κ2) is 13.5. The largest absolute Gasteiger partial charge is 0.497 e. The summed E-state index contributed by atoms with van der Waals surface area (Å²) in [7, 11) is 0.485. The highest BCUT2D eigenvalue weighted by Crippen LogP contribution is 2.13. The summed E-state index contributed by atoms with van der Waals surface area (Å²) in [5, 5.41) is 3.26. The lowest BCUT2D eigenvalue weighted by atomic mass is 10.2. The Hall–Kier alpha value is -1.81. The Balaban J connectivity index is 0.00000450. The minimum absolute atomic E-state index is 0. The number of hydrogen-bond acceptors (Lipinski definition) is 4. The third-order valence-electron chi connectivity index (χ3n) is 4.38. The molecule has 0 spiro atoms. The number of ether oxygens (including phenoxy) is 1. The van der Waals surface area contributed by atoms with Crippen LogP contribution in [0.1, 0.15) is 24.5 Å². The van der Waals surface area contributed by atoms with E-state index in [2.05, 4.69) is 10.3 Å². The first-order valence-corrected chi connectivity index (χ1v) is 11.6. The lowest BCUT2D eigenvalue weighted by Crippen LogP contribution is -2.38. The molecule has 0 saturated heterocycles. The van der Waals surface area contributed by atoms with Gasteiger partial charge in [0.15, 0.2) is 15.8 Å². The third kappa shape index (κ3) is 9.34. The molecule has 166 valence electrons. The van der Waals surface area contributed by atoms with Gasteiger partial charge in [-0.05, 0) is 36.6 Å². The number of sulfone groups is 1. The van der Waals surface area contributed by atoms with Crippen molar-refractivity contribution in [2.45, 2.75) is 25.6 Å². The van der Waals surface area contributed by atoms with Crippen molar-refractivity contribution >= 4 is 39.8 Å². The molecule has 8 heteroatoms. The van der Waals surface area contributed by atoms with E-state index in [0.717, 1.165) is 29.4 Å². The summed E-state index contributed by atoms with van der Waals surface area (Å²) in [5.74, 6) is 1.81. The molecule has 1 N–H and O–H groups in total. The highest BCUT2D eigenvalue weighted by Gasteiger charge is 2.12. The van der Waals surface area contributed by atoms with E-state index in [4.69, 9.17) is 4.74 Å². The van der Waals surface area contributed by atoms with E-state index in [1.807, 2.05) is 73.5 Å². The van der Waals surface area contributed by atoms with Crippen LogP contribution < -0.4 is 10.1 Å². The molecule has 0 aliphatic carbocycles. The molecule has 0 saturated carbocycles. The highest BCUT2D eigenvalue weighted by molar-refractivity contribution is 14.0. The molecule has 2 aromatic carbocycles. The normalized spacial score (nSPS) is 11.5. The van der Waals surface area contributed by atoms with Crippen molar-refractivity contribution < 1.29 is 13.2 Å². The van der Waals surface area contributed by atoms with Gasteiger partial charge in [0.25, 0.3) is 0 Å². The summed E-state index contributed by atoms with van der Waals surface area (Å²) in [6.07, 6.45) is 0.500. The number of halogens is 1. The van der Waals surface area contributed by atoms with Gasteiger partial charge in [-0.15, -0.1) is 24.0 Å². The number of methoxy groups -OCH3 is 1. The number of rotatable bonds is 10. The van der Waals surface area contributed by atoms with E-state index in [0.29, 0.717) is 19.5 Å². The Morgan fingerprint density at radius 3 is 2.33 bits per heavy atom. The van der Waals surface area contributed by atoms with Gasteiger partial charge in [0.05, 0.1) is 18.6 Å². The molecular formula is C22H32IN3O3S. The van der Waals surface area contributed by atoms with Crippen LogP contribution in [-0.2, 0) is 22.1 Å². The van der Waals surface area contributed by atoms with Crippen LogP contribution in [0.3, 0.4) is 0 Å².